The second kappa shape index (κ2) is 2.76. The summed E-state index contributed by atoms with van der Waals surface area (Å²) in [6.45, 7) is 1.93. The van der Waals surface area contributed by atoms with Crippen molar-refractivity contribution in [3.05, 3.63) is 29.7 Å². The molecule has 0 bridgehead atoms. The molecule has 68 valence electrons. The summed E-state index contributed by atoms with van der Waals surface area (Å²) in [6.07, 6.45) is 1.84. The van der Waals surface area contributed by atoms with Crippen LogP contribution in [0.2, 0.25) is 0 Å². The van der Waals surface area contributed by atoms with Crippen LogP contribution < -0.4 is 4.74 Å². The molecule has 1 aromatic heterocycles. The van der Waals surface area contributed by atoms with Crippen LogP contribution in [-0.2, 0) is 0 Å². The number of aromatic nitrogens is 1. The molecule has 0 fully saturated rings. The molecule has 0 radical (unpaired) electrons. The van der Waals surface area contributed by atoms with Crippen LogP contribution in [0.3, 0.4) is 0 Å². The third kappa shape index (κ3) is 1.16. The van der Waals surface area contributed by atoms with E-state index in [4.69, 9.17) is 4.74 Å². The van der Waals surface area contributed by atoms with Crippen LogP contribution in [0.4, 0.5) is 4.39 Å². The highest BCUT2D eigenvalue weighted by molar-refractivity contribution is 5.88. The maximum Gasteiger partial charge on any atom is 0.145 e. The molecular formula is C10H10FNO. The highest BCUT2D eigenvalue weighted by Gasteiger charge is 2.07. The van der Waals surface area contributed by atoms with Gasteiger partial charge >= 0.3 is 0 Å². The lowest BCUT2D eigenvalue weighted by atomic mass is 10.2. The number of ether oxygens (including phenoxy) is 1. The Hall–Kier alpha value is -1.51. The van der Waals surface area contributed by atoms with Gasteiger partial charge in [0.1, 0.15) is 11.6 Å². The first-order valence-electron chi connectivity index (χ1n) is 4.03. The second-order valence-electron chi connectivity index (χ2n) is 3.00. The number of methoxy groups -OCH3 is 1. The molecule has 2 rings (SSSR count). The Morgan fingerprint density at radius 2 is 2.15 bits per heavy atom. The SMILES string of the molecule is COc1cc(F)cc2c(C)c[nH]c12. The Morgan fingerprint density at radius 1 is 1.38 bits per heavy atom. The first-order valence-corrected chi connectivity index (χ1v) is 4.03. The van der Waals surface area contributed by atoms with Crippen molar-refractivity contribution in [2.45, 2.75) is 6.92 Å². The zero-order chi connectivity index (χ0) is 9.42. The fraction of sp³-hybridized carbons (Fsp3) is 0.200. The van der Waals surface area contributed by atoms with E-state index in [-0.39, 0.29) is 5.82 Å². The van der Waals surface area contributed by atoms with Gasteiger partial charge < -0.3 is 9.72 Å². The Bertz CT molecular complexity index is 447. The van der Waals surface area contributed by atoms with Crippen LogP contribution in [-0.4, -0.2) is 12.1 Å². The standard InChI is InChI=1S/C10H10FNO/c1-6-5-12-10-8(6)3-7(11)4-9(10)13-2/h3-5,12H,1-2H3. The summed E-state index contributed by atoms with van der Waals surface area (Å²) < 4.78 is 18.1. The number of rotatable bonds is 1. The molecule has 0 saturated heterocycles. The maximum absolute atomic E-state index is 13.0. The van der Waals surface area contributed by atoms with Gasteiger partial charge in [-0.3, -0.25) is 0 Å². The minimum atomic E-state index is -0.271. The van der Waals surface area contributed by atoms with Crippen LogP contribution in [0.25, 0.3) is 10.9 Å². The van der Waals surface area contributed by atoms with E-state index in [9.17, 15) is 4.39 Å². The Morgan fingerprint density at radius 3 is 2.85 bits per heavy atom. The van der Waals surface area contributed by atoms with E-state index in [1.54, 1.807) is 0 Å². The van der Waals surface area contributed by atoms with Gasteiger partial charge in [-0.1, -0.05) is 0 Å². The highest BCUT2D eigenvalue weighted by Crippen LogP contribution is 2.27. The van der Waals surface area contributed by atoms with Gasteiger partial charge in [0.05, 0.1) is 12.6 Å². The van der Waals surface area contributed by atoms with Crippen LogP contribution in [0.15, 0.2) is 18.3 Å². The van der Waals surface area contributed by atoms with E-state index in [2.05, 4.69) is 4.98 Å². The maximum atomic E-state index is 13.0. The third-order valence-electron chi connectivity index (χ3n) is 2.14. The number of nitrogens with one attached hydrogen (secondary N) is 1. The Kier molecular flexibility index (Phi) is 1.72. The summed E-state index contributed by atoms with van der Waals surface area (Å²) in [6, 6.07) is 2.88. The molecule has 0 saturated carbocycles. The van der Waals surface area contributed by atoms with E-state index in [0.29, 0.717) is 5.75 Å². The van der Waals surface area contributed by atoms with E-state index in [1.807, 2.05) is 13.1 Å². The van der Waals surface area contributed by atoms with Crippen molar-refractivity contribution in [1.82, 2.24) is 4.98 Å². The summed E-state index contributed by atoms with van der Waals surface area (Å²) in [5.74, 6) is 0.273. The molecule has 13 heavy (non-hydrogen) atoms. The molecule has 1 N–H and O–H groups in total. The van der Waals surface area contributed by atoms with Gasteiger partial charge in [-0.2, -0.15) is 0 Å². The minimum Gasteiger partial charge on any atom is -0.494 e. The molecule has 1 aromatic carbocycles. The van der Waals surface area contributed by atoms with Crippen molar-refractivity contribution in [1.29, 1.82) is 0 Å². The predicted molar refractivity (Wildman–Crippen MR) is 49.5 cm³/mol. The topological polar surface area (TPSA) is 25.0 Å². The van der Waals surface area contributed by atoms with Crippen molar-refractivity contribution < 1.29 is 9.13 Å². The van der Waals surface area contributed by atoms with Gasteiger partial charge in [-0.05, 0) is 18.6 Å². The molecular weight excluding hydrogens is 169 g/mol. The third-order valence-corrected chi connectivity index (χ3v) is 2.14. The van der Waals surface area contributed by atoms with E-state index in [0.717, 1.165) is 16.5 Å². The predicted octanol–water partition coefficient (Wildman–Crippen LogP) is 2.62. The van der Waals surface area contributed by atoms with Crippen molar-refractivity contribution in [2.24, 2.45) is 0 Å². The van der Waals surface area contributed by atoms with Crippen molar-refractivity contribution in [3.63, 3.8) is 0 Å². The van der Waals surface area contributed by atoms with Gasteiger partial charge in [0.25, 0.3) is 0 Å². The molecule has 0 aliphatic heterocycles. The smallest absolute Gasteiger partial charge is 0.145 e. The van der Waals surface area contributed by atoms with Gasteiger partial charge in [-0.15, -0.1) is 0 Å². The summed E-state index contributed by atoms with van der Waals surface area (Å²) >= 11 is 0. The molecule has 0 spiro atoms. The largest absolute Gasteiger partial charge is 0.494 e. The monoisotopic (exact) mass is 179 g/mol. The first-order chi connectivity index (χ1) is 6.22. The van der Waals surface area contributed by atoms with Crippen LogP contribution >= 0.6 is 0 Å². The van der Waals surface area contributed by atoms with Crippen LogP contribution in [0.5, 0.6) is 5.75 Å². The number of hydrogen-bond acceptors (Lipinski definition) is 1. The number of halogens is 1. The molecule has 0 unspecified atom stereocenters. The average molecular weight is 179 g/mol. The molecule has 0 atom stereocenters. The molecule has 0 aliphatic rings. The number of aryl methyl sites for hydroxylation is 1. The molecule has 0 amide bonds. The number of hydrogen-bond donors (Lipinski definition) is 1. The van der Waals surface area contributed by atoms with Gasteiger partial charge in [0.2, 0.25) is 0 Å². The second-order valence-corrected chi connectivity index (χ2v) is 3.00. The summed E-state index contributed by atoms with van der Waals surface area (Å²) in [5, 5.41) is 0.872. The fourth-order valence-corrected chi connectivity index (χ4v) is 1.46. The normalized spacial score (nSPS) is 10.7. The molecule has 2 nitrogen and oxygen atoms in total. The fourth-order valence-electron chi connectivity index (χ4n) is 1.46. The summed E-state index contributed by atoms with van der Waals surface area (Å²) in [4.78, 5) is 3.04. The van der Waals surface area contributed by atoms with Gasteiger partial charge in [-0.25, -0.2) is 4.39 Å². The summed E-state index contributed by atoms with van der Waals surface area (Å²) in [7, 11) is 1.53. The number of benzene rings is 1. The molecule has 1 heterocycles. The summed E-state index contributed by atoms with van der Waals surface area (Å²) in [5.41, 5.74) is 1.87. The van der Waals surface area contributed by atoms with Crippen LogP contribution in [0.1, 0.15) is 5.56 Å². The lowest BCUT2D eigenvalue weighted by Crippen LogP contribution is -1.86. The Balaban J connectivity index is 2.84. The molecule has 3 heteroatoms. The quantitative estimate of drug-likeness (QED) is 0.715. The van der Waals surface area contributed by atoms with Crippen molar-refractivity contribution in [3.8, 4) is 5.75 Å². The molecule has 2 aromatic rings. The number of fused-ring (bicyclic) bond motifs is 1. The highest BCUT2D eigenvalue weighted by atomic mass is 19.1. The van der Waals surface area contributed by atoms with Crippen LogP contribution in [0, 0.1) is 12.7 Å². The zero-order valence-corrected chi connectivity index (χ0v) is 7.52. The molecule has 0 aliphatic carbocycles. The lowest BCUT2D eigenvalue weighted by Gasteiger charge is -2.01. The first kappa shape index (κ1) is 8.10. The van der Waals surface area contributed by atoms with E-state index >= 15 is 0 Å². The lowest BCUT2D eigenvalue weighted by molar-refractivity contribution is 0.416. The van der Waals surface area contributed by atoms with Crippen molar-refractivity contribution >= 4 is 10.9 Å². The number of H-pyrrole nitrogens is 1. The van der Waals surface area contributed by atoms with E-state index in [1.165, 1.54) is 19.2 Å². The zero-order valence-electron chi connectivity index (χ0n) is 7.52. The average Bonchev–Trinajstić information content (AvgIpc) is 2.47. The number of aromatic amines is 1. The van der Waals surface area contributed by atoms with E-state index < -0.39 is 0 Å². The van der Waals surface area contributed by atoms with Gasteiger partial charge in [0.15, 0.2) is 0 Å². The van der Waals surface area contributed by atoms with Gasteiger partial charge in [0, 0.05) is 17.6 Å². The Labute approximate surface area is 75.3 Å². The van der Waals surface area contributed by atoms with Crippen molar-refractivity contribution in [2.75, 3.05) is 7.11 Å². The minimum absolute atomic E-state index is 0.271.